The number of ether oxygens (including phenoxy) is 1. The lowest BCUT2D eigenvalue weighted by Gasteiger charge is -2.39. The van der Waals surface area contributed by atoms with E-state index in [4.69, 9.17) is 16.3 Å². The highest BCUT2D eigenvalue weighted by Crippen LogP contribution is 2.32. The molecule has 2 aliphatic heterocycles. The lowest BCUT2D eigenvalue weighted by Crippen LogP contribution is -2.53. The van der Waals surface area contributed by atoms with Crippen LogP contribution < -0.4 is 0 Å². The molecule has 2 aliphatic rings. The molecule has 0 bridgehead atoms. The minimum Gasteiger partial charge on any atom is -0.381 e. The third-order valence-electron chi connectivity index (χ3n) is 4.92. The topological polar surface area (TPSA) is 56.6 Å². The van der Waals surface area contributed by atoms with E-state index < -0.39 is 5.41 Å². The highest BCUT2D eigenvalue weighted by atomic mass is 35.5. The molecule has 0 saturated carbocycles. The maximum Gasteiger partial charge on any atom is 0.243 e. The molecule has 2 fully saturated rings. The van der Waals surface area contributed by atoms with Gasteiger partial charge in [0.2, 0.25) is 5.91 Å². The Hall–Kier alpha value is -1.61. The van der Waals surface area contributed by atoms with E-state index in [-0.39, 0.29) is 5.91 Å². The van der Waals surface area contributed by atoms with Crippen molar-refractivity contribution < 1.29 is 9.53 Å². The van der Waals surface area contributed by atoms with Crippen LogP contribution in [0.3, 0.4) is 0 Å². The zero-order valence-corrected chi connectivity index (χ0v) is 14.5. The Bertz CT molecular complexity index is 629. The summed E-state index contributed by atoms with van der Waals surface area (Å²) in [7, 11) is 0. The molecule has 2 saturated heterocycles. The number of hydrogen-bond acceptors (Lipinski definition) is 4. The van der Waals surface area contributed by atoms with Gasteiger partial charge in [-0.2, -0.15) is 5.26 Å². The number of carbonyl (C=O) groups excluding carboxylic acids is 1. The first-order valence-electron chi connectivity index (χ1n) is 8.38. The van der Waals surface area contributed by atoms with Crippen molar-refractivity contribution in [2.75, 3.05) is 39.4 Å². The molecule has 0 unspecified atom stereocenters. The third-order valence-corrected chi connectivity index (χ3v) is 5.16. The van der Waals surface area contributed by atoms with E-state index in [1.54, 1.807) is 0 Å². The van der Waals surface area contributed by atoms with Crippen LogP contribution in [0, 0.1) is 16.7 Å². The second-order valence-electron chi connectivity index (χ2n) is 6.50. The molecular weight excluding hydrogens is 326 g/mol. The Morgan fingerprint density at radius 2 is 1.96 bits per heavy atom. The Morgan fingerprint density at radius 1 is 1.25 bits per heavy atom. The molecule has 0 N–H and O–H groups in total. The van der Waals surface area contributed by atoms with Crippen molar-refractivity contribution in [1.82, 2.24) is 9.80 Å². The molecule has 2 heterocycles. The van der Waals surface area contributed by atoms with Gasteiger partial charge in [0.15, 0.2) is 0 Å². The average Bonchev–Trinajstić information content (AvgIpc) is 2.62. The summed E-state index contributed by atoms with van der Waals surface area (Å²) in [6, 6.07) is 10.1. The van der Waals surface area contributed by atoms with Gasteiger partial charge >= 0.3 is 0 Å². The van der Waals surface area contributed by atoms with Crippen molar-refractivity contribution in [1.29, 1.82) is 5.26 Å². The maximum absolute atomic E-state index is 12.8. The van der Waals surface area contributed by atoms with Crippen molar-refractivity contribution in [3.63, 3.8) is 0 Å². The first kappa shape index (κ1) is 17.2. The van der Waals surface area contributed by atoms with Gasteiger partial charge in [-0.25, -0.2) is 0 Å². The molecule has 1 amide bonds. The van der Waals surface area contributed by atoms with Crippen LogP contribution in [0.25, 0.3) is 0 Å². The standard InChI is InChI=1S/C18H22ClN3O2/c19-16-3-1-2-15(12-16)13-21-6-8-22(9-7-21)17(23)18(14-20)4-10-24-11-5-18/h1-3,12H,4-11,13H2. The third kappa shape index (κ3) is 3.72. The minimum absolute atomic E-state index is 0.0179. The van der Waals surface area contributed by atoms with Crippen LogP contribution in [0.15, 0.2) is 24.3 Å². The number of nitriles is 1. The molecule has 0 radical (unpaired) electrons. The zero-order chi connectivity index (χ0) is 17.0. The first-order chi connectivity index (χ1) is 11.6. The van der Waals surface area contributed by atoms with Crippen molar-refractivity contribution in [3.8, 4) is 6.07 Å². The quantitative estimate of drug-likeness (QED) is 0.842. The molecule has 128 valence electrons. The van der Waals surface area contributed by atoms with Crippen LogP contribution in [0.5, 0.6) is 0 Å². The SMILES string of the molecule is N#CC1(C(=O)N2CCN(Cc3cccc(Cl)c3)CC2)CCOCC1. The molecule has 6 heteroatoms. The summed E-state index contributed by atoms with van der Waals surface area (Å²) < 4.78 is 5.32. The van der Waals surface area contributed by atoms with Gasteiger partial charge in [-0.05, 0) is 30.5 Å². The largest absolute Gasteiger partial charge is 0.381 e. The second kappa shape index (κ2) is 7.52. The fraction of sp³-hybridized carbons (Fsp3) is 0.556. The Morgan fingerprint density at radius 3 is 2.58 bits per heavy atom. The van der Waals surface area contributed by atoms with Gasteiger partial charge < -0.3 is 9.64 Å². The molecule has 5 nitrogen and oxygen atoms in total. The predicted molar refractivity (Wildman–Crippen MR) is 91.4 cm³/mol. The highest BCUT2D eigenvalue weighted by molar-refractivity contribution is 6.30. The molecule has 0 atom stereocenters. The number of rotatable bonds is 3. The summed E-state index contributed by atoms with van der Waals surface area (Å²) in [6.07, 6.45) is 1.01. The molecule has 1 aromatic carbocycles. The smallest absolute Gasteiger partial charge is 0.243 e. The molecule has 0 aromatic heterocycles. The van der Waals surface area contributed by atoms with Crippen LogP contribution >= 0.6 is 11.6 Å². The Kier molecular flexibility index (Phi) is 5.40. The molecule has 0 spiro atoms. The lowest BCUT2D eigenvalue weighted by atomic mass is 9.80. The summed E-state index contributed by atoms with van der Waals surface area (Å²) in [5.74, 6) is -0.0179. The summed E-state index contributed by atoms with van der Waals surface area (Å²) in [4.78, 5) is 17.0. The normalized spacial score (nSPS) is 21.2. The average molecular weight is 348 g/mol. The molecule has 24 heavy (non-hydrogen) atoms. The van der Waals surface area contributed by atoms with Crippen LogP contribution in [0.4, 0.5) is 0 Å². The molecular formula is C18H22ClN3O2. The van der Waals surface area contributed by atoms with E-state index in [0.717, 1.165) is 24.7 Å². The molecule has 1 aromatic rings. The number of halogens is 1. The van der Waals surface area contributed by atoms with E-state index in [1.165, 1.54) is 5.56 Å². The predicted octanol–water partition coefficient (Wildman–Crippen LogP) is 2.30. The van der Waals surface area contributed by atoms with Gasteiger partial charge in [-0.15, -0.1) is 0 Å². The highest BCUT2D eigenvalue weighted by Gasteiger charge is 2.43. The fourth-order valence-electron chi connectivity index (χ4n) is 3.40. The lowest BCUT2D eigenvalue weighted by molar-refractivity contribution is -0.145. The van der Waals surface area contributed by atoms with E-state index in [1.807, 2.05) is 23.1 Å². The molecule has 3 rings (SSSR count). The minimum atomic E-state index is -0.882. The number of benzene rings is 1. The van der Waals surface area contributed by atoms with Gasteiger partial charge in [0.25, 0.3) is 0 Å². The number of piperazine rings is 1. The number of carbonyl (C=O) groups is 1. The molecule has 0 aliphatic carbocycles. The van der Waals surface area contributed by atoms with Crippen molar-refractivity contribution in [3.05, 3.63) is 34.9 Å². The number of hydrogen-bond donors (Lipinski definition) is 0. The fourth-order valence-corrected chi connectivity index (χ4v) is 3.61. The van der Waals surface area contributed by atoms with E-state index in [9.17, 15) is 10.1 Å². The van der Waals surface area contributed by atoms with Gasteiger partial charge in [-0.1, -0.05) is 23.7 Å². The van der Waals surface area contributed by atoms with Gasteiger partial charge in [0.1, 0.15) is 5.41 Å². The van der Waals surface area contributed by atoms with Crippen molar-refractivity contribution >= 4 is 17.5 Å². The monoisotopic (exact) mass is 347 g/mol. The maximum atomic E-state index is 12.8. The van der Waals surface area contributed by atoms with E-state index >= 15 is 0 Å². The van der Waals surface area contributed by atoms with Crippen molar-refractivity contribution in [2.24, 2.45) is 5.41 Å². The number of nitrogens with zero attached hydrogens (tertiary/aromatic N) is 3. The summed E-state index contributed by atoms with van der Waals surface area (Å²) >= 11 is 6.03. The Labute approximate surface area is 147 Å². The first-order valence-corrected chi connectivity index (χ1v) is 8.76. The van der Waals surface area contributed by atoms with E-state index in [0.29, 0.717) is 39.1 Å². The second-order valence-corrected chi connectivity index (χ2v) is 6.94. The zero-order valence-electron chi connectivity index (χ0n) is 13.7. The van der Waals surface area contributed by atoms with E-state index in [2.05, 4.69) is 17.0 Å². The van der Waals surface area contributed by atoms with Crippen molar-refractivity contribution in [2.45, 2.75) is 19.4 Å². The summed E-state index contributed by atoms with van der Waals surface area (Å²) in [5.41, 5.74) is 0.299. The summed E-state index contributed by atoms with van der Waals surface area (Å²) in [6.45, 7) is 4.79. The van der Waals surface area contributed by atoms with Crippen LogP contribution in [-0.2, 0) is 16.1 Å². The van der Waals surface area contributed by atoms with Crippen LogP contribution in [-0.4, -0.2) is 55.1 Å². The van der Waals surface area contributed by atoms with Crippen LogP contribution in [0.1, 0.15) is 18.4 Å². The van der Waals surface area contributed by atoms with Crippen LogP contribution in [0.2, 0.25) is 5.02 Å². The van der Waals surface area contributed by atoms with Gasteiger partial charge in [0, 0.05) is 51.0 Å². The van der Waals surface area contributed by atoms with Gasteiger partial charge in [0.05, 0.1) is 6.07 Å². The number of amides is 1. The Balaban J connectivity index is 1.56. The van der Waals surface area contributed by atoms with Gasteiger partial charge in [-0.3, -0.25) is 9.69 Å². The summed E-state index contributed by atoms with van der Waals surface area (Å²) in [5, 5.41) is 10.3.